The zero-order valence-corrected chi connectivity index (χ0v) is 14.0. The van der Waals surface area contributed by atoms with E-state index in [1.54, 1.807) is 36.4 Å². The number of hydrogen-bond donors (Lipinski definition) is 1. The molecule has 0 heterocycles. The molecular formula is C20H20FN3. The molecule has 24 heavy (non-hydrogen) atoms. The van der Waals surface area contributed by atoms with Gasteiger partial charge in [-0.25, -0.2) is 4.39 Å². The van der Waals surface area contributed by atoms with E-state index in [2.05, 4.69) is 11.1 Å². The summed E-state index contributed by atoms with van der Waals surface area (Å²) >= 11 is 0. The molecule has 0 aliphatic rings. The third kappa shape index (κ3) is 4.08. The van der Waals surface area contributed by atoms with Gasteiger partial charge in [0.05, 0.1) is 17.3 Å². The first kappa shape index (κ1) is 17.4. The summed E-state index contributed by atoms with van der Waals surface area (Å²) in [5.74, 6) is -0.262. The normalized spacial score (nSPS) is 13.9. The van der Waals surface area contributed by atoms with Gasteiger partial charge in [0.15, 0.2) is 0 Å². The Bertz CT molecular complexity index is 805. The lowest BCUT2D eigenvalue weighted by molar-refractivity contribution is 0.626. The average Bonchev–Trinajstić information content (AvgIpc) is 2.56. The van der Waals surface area contributed by atoms with Crippen LogP contribution >= 0.6 is 0 Å². The van der Waals surface area contributed by atoms with Crippen molar-refractivity contribution in [3.05, 3.63) is 76.7 Å². The minimum atomic E-state index is -0.260. The van der Waals surface area contributed by atoms with Crippen molar-refractivity contribution < 1.29 is 4.39 Å². The molecule has 0 amide bonds. The Morgan fingerprint density at radius 1 is 1.08 bits per heavy atom. The van der Waals surface area contributed by atoms with Gasteiger partial charge in [0.25, 0.3) is 0 Å². The lowest BCUT2D eigenvalue weighted by Crippen LogP contribution is -2.13. The molecule has 0 aliphatic carbocycles. The average molecular weight is 321 g/mol. The van der Waals surface area contributed by atoms with Crippen LogP contribution in [0, 0.1) is 17.1 Å². The second kappa shape index (κ2) is 7.56. The van der Waals surface area contributed by atoms with Crippen molar-refractivity contribution in [1.29, 1.82) is 5.26 Å². The largest absolute Gasteiger partial charge is 0.402 e. The van der Waals surface area contributed by atoms with Gasteiger partial charge in [0.1, 0.15) is 5.82 Å². The van der Waals surface area contributed by atoms with Crippen molar-refractivity contribution in [3.8, 4) is 6.07 Å². The SMILES string of the molecule is CC(=Nc1ccc(C#N)cc1)C(=C(C)N)C(C)c1ccc(F)cc1. The van der Waals surface area contributed by atoms with E-state index in [1.807, 2.05) is 20.8 Å². The van der Waals surface area contributed by atoms with Crippen LogP contribution in [0.15, 0.2) is 64.8 Å². The topological polar surface area (TPSA) is 62.2 Å². The van der Waals surface area contributed by atoms with Gasteiger partial charge in [0, 0.05) is 17.3 Å². The Labute approximate surface area is 142 Å². The first-order valence-corrected chi connectivity index (χ1v) is 7.70. The molecule has 0 bridgehead atoms. The quantitative estimate of drug-likeness (QED) is 0.820. The van der Waals surface area contributed by atoms with E-state index in [9.17, 15) is 4.39 Å². The van der Waals surface area contributed by atoms with Gasteiger partial charge in [-0.05, 0) is 61.4 Å². The molecule has 0 fully saturated rings. The summed E-state index contributed by atoms with van der Waals surface area (Å²) in [5, 5.41) is 8.85. The molecule has 2 N–H and O–H groups in total. The number of allylic oxidation sites excluding steroid dienone is 2. The molecule has 1 atom stereocenters. The minimum Gasteiger partial charge on any atom is -0.402 e. The van der Waals surface area contributed by atoms with Gasteiger partial charge in [-0.1, -0.05) is 19.1 Å². The Kier molecular flexibility index (Phi) is 5.49. The number of aliphatic imine (C=N–C) groups is 1. The number of benzene rings is 2. The summed E-state index contributed by atoms with van der Waals surface area (Å²) in [7, 11) is 0. The second-order valence-electron chi connectivity index (χ2n) is 5.73. The van der Waals surface area contributed by atoms with Gasteiger partial charge >= 0.3 is 0 Å². The molecule has 1 unspecified atom stereocenters. The number of nitrogens with zero attached hydrogens (tertiary/aromatic N) is 2. The van der Waals surface area contributed by atoms with Crippen molar-refractivity contribution in [1.82, 2.24) is 0 Å². The van der Waals surface area contributed by atoms with Crippen LogP contribution in [-0.4, -0.2) is 5.71 Å². The first-order chi connectivity index (χ1) is 11.4. The van der Waals surface area contributed by atoms with Gasteiger partial charge in [-0.2, -0.15) is 5.26 Å². The zero-order valence-electron chi connectivity index (χ0n) is 14.0. The molecule has 0 radical (unpaired) electrons. The number of halogens is 1. The lowest BCUT2D eigenvalue weighted by Gasteiger charge is -2.18. The van der Waals surface area contributed by atoms with E-state index < -0.39 is 0 Å². The predicted molar refractivity (Wildman–Crippen MR) is 95.6 cm³/mol. The monoisotopic (exact) mass is 321 g/mol. The highest BCUT2D eigenvalue weighted by Crippen LogP contribution is 2.28. The Balaban J connectivity index is 2.36. The van der Waals surface area contributed by atoms with Gasteiger partial charge in [-0.15, -0.1) is 0 Å². The van der Waals surface area contributed by atoms with Crippen LogP contribution in [0.4, 0.5) is 10.1 Å². The maximum atomic E-state index is 13.1. The van der Waals surface area contributed by atoms with Crippen LogP contribution in [0.5, 0.6) is 0 Å². The van der Waals surface area contributed by atoms with Crippen LogP contribution < -0.4 is 5.73 Å². The second-order valence-corrected chi connectivity index (χ2v) is 5.73. The van der Waals surface area contributed by atoms with Crippen molar-refractivity contribution in [2.45, 2.75) is 26.7 Å². The fraction of sp³-hybridized carbons (Fsp3) is 0.200. The predicted octanol–water partition coefficient (Wildman–Crippen LogP) is 4.83. The van der Waals surface area contributed by atoms with Gasteiger partial charge < -0.3 is 5.73 Å². The van der Waals surface area contributed by atoms with Crippen LogP contribution in [0.2, 0.25) is 0 Å². The fourth-order valence-electron chi connectivity index (χ4n) is 2.72. The highest BCUT2D eigenvalue weighted by Gasteiger charge is 2.16. The molecule has 0 saturated carbocycles. The molecule has 2 rings (SSSR count). The van der Waals surface area contributed by atoms with E-state index >= 15 is 0 Å². The Hall–Kier alpha value is -2.93. The standard InChI is InChI=1S/C20H20FN3/c1-13(17-6-8-18(21)9-7-17)20(14(2)23)15(3)24-19-10-4-16(12-22)5-11-19/h4-11,13H,23H2,1-3H3. The number of nitrogens with two attached hydrogens (primary N) is 1. The number of hydrogen-bond acceptors (Lipinski definition) is 3. The van der Waals surface area contributed by atoms with Gasteiger partial charge in [-0.3, -0.25) is 4.99 Å². The maximum Gasteiger partial charge on any atom is 0.123 e. The molecule has 122 valence electrons. The fourth-order valence-corrected chi connectivity index (χ4v) is 2.72. The summed E-state index contributed by atoms with van der Waals surface area (Å²) in [5.41, 5.74) is 10.8. The van der Waals surface area contributed by atoms with Crippen molar-refractivity contribution >= 4 is 11.4 Å². The maximum absolute atomic E-state index is 13.1. The van der Waals surface area contributed by atoms with Crippen molar-refractivity contribution in [2.75, 3.05) is 0 Å². The smallest absolute Gasteiger partial charge is 0.123 e. The van der Waals surface area contributed by atoms with Crippen LogP contribution in [0.25, 0.3) is 0 Å². The summed E-state index contributed by atoms with van der Waals surface area (Å²) < 4.78 is 13.1. The summed E-state index contributed by atoms with van der Waals surface area (Å²) in [4.78, 5) is 4.62. The minimum absolute atomic E-state index is 0.00210. The van der Waals surface area contributed by atoms with E-state index in [-0.39, 0.29) is 11.7 Å². The highest BCUT2D eigenvalue weighted by molar-refractivity contribution is 6.01. The molecule has 4 heteroatoms. The number of nitriles is 1. The van der Waals surface area contributed by atoms with E-state index in [0.717, 1.165) is 22.5 Å². The Morgan fingerprint density at radius 2 is 1.67 bits per heavy atom. The summed E-state index contributed by atoms with van der Waals surface area (Å²) in [6.45, 7) is 5.77. The number of rotatable bonds is 4. The zero-order chi connectivity index (χ0) is 17.7. The molecule has 0 spiro atoms. The third-order valence-corrected chi connectivity index (χ3v) is 3.91. The highest BCUT2D eigenvalue weighted by atomic mass is 19.1. The first-order valence-electron chi connectivity index (χ1n) is 7.70. The summed E-state index contributed by atoms with van der Waals surface area (Å²) in [6, 6.07) is 15.6. The molecular weight excluding hydrogens is 301 g/mol. The van der Waals surface area contributed by atoms with Crippen molar-refractivity contribution in [2.24, 2.45) is 10.7 Å². The Morgan fingerprint density at radius 3 is 2.17 bits per heavy atom. The molecule has 2 aromatic carbocycles. The molecule has 3 nitrogen and oxygen atoms in total. The van der Waals surface area contributed by atoms with Crippen molar-refractivity contribution in [3.63, 3.8) is 0 Å². The molecule has 2 aromatic rings. The van der Waals surface area contributed by atoms with E-state index in [0.29, 0.717) is 11.3 Å². The third-order valence-electron chi connectivity index (χ3n) is 3.91. The summed E-state index contributed by atoms with van der Waals surface area (Å²) in [6.07, 6.45) is 0. The van der Waals surface area contributed by atoms with E-state index in [4.69, 9.17) is 11.0 Å². The lowest BCUT2D eigenvalue weighted by atomic mass is 9.89. The van der Waals surface area contributed by atoms with Crippen LogP contribution in [-0.2, 0) is 0 Å². The molecule has 0 saturated heterocycles. The van der Waals surface area contributed by atoms with Crippen LogP contribution in [0.1, 0.15) is 37.8 Å². The van der Waals surface area contributed by atoms with Gasteiger partial charge in [0.2, 0.25) is 0 Å². The van der Waals surface area contributed by atoms with E-state index in [1.165, 1.54) is 12.1 Å². The van der Waals surface area contributed by atoms with Crippen LogP contribution in [0.3, 0.4) is 0 Å². The molecule has 0 aromatic heterocycles. The molecule has 0 aliphatic heterocycles.